The van der Waals surface area contributed by atoms with Crippen LogP contribution in [0.15, 0.2) is 53.1 Å². The van der Waals surface area contributed by atoms with E-state index in [4.69, 9.17) is 12.1 Å². The number of benzene rings is 1. The van der Waals surface area contributed by atoms with Crippen molar-refractivity contribution < 1.29 is 11.7 Å². The molecule has 0 aliphatic heterocycles. The average molecular weight is 305 g/mol. The van der Waals surface area contributed by atoms with Crippen LogP contribution < -0.4 is 4.57 Å². The van der Waals surface area contributed by atoms with Crippen LogP contribution in [0.4, 0.5) is 0 Å². The van der Waals surface area contributed by atoms with E-state index in [1.807, 2.05) is 61.1 Å². The molecule has 23 heavy (non-hydrogen) atoms. The van der Waals surface area contributed by atoms with Crippen molar-refractivity contribution >= 4 is 22.1 Å². The predicted molar refractivity (Wildman–Crippen MR) is 92.2 cm³/mol. The molecule has 0 fully saturated rings. The van der Waals surface area contributed by atoms with Gasteiger partial charge in [-0.2, -0.15) is 4.57 Å². The van der Waals surface area contributed by atoms with Gasteiger partial charge in [-0.05, 0) is 37.1 Å². The van der Waals surface area contributed by atoms with Crippen LogP contribution in [-0.2, 0) is 13.4 Å². The van der Waals surface area contributed by atoms with E-state index >= 15 is 0 Å². The lowest BCUT2D eigenvalue weighted by Crippen LogP contribution is -2.31. The van der Waals surface area contributed by atoms with Crippen molar-refractivity contribution in [1.29, 1.82) is 0 Å². The van der Waals surface area contributed by atoms with Crippen LogP contribution in [0.1, 0.15) is 20.8 Å². The largest absolute Gasteiger partial charge is 0.438 e. The lowest BCUT2D eigenvalue weighted by Gasteiger charge is -2.04. The van der Waals surface area contributed by atoms with Crippen molar-refractivity contribution in [2.45, 2.75) is 20.2 Å². The Hall–Kier alpha value is -2.68. The number of pyridine rings is 2. The molecule has 0 atom stereocenters. The summed E-state index contributed by atoms with van der Waals surface area (Å²) >= 11 is 0. The van der Waals surface area contributed by atoms with Crippen LogP contribution >= 0.6 is 0 Å². The second-order valence-electron chi connectivity index (χ2n) is 5.77. The maximum atomic E-state index is 7.88. The highest BCUT2D eigenvalue weighted by atomic mass is 16.3. The van der Waals surface area contributed by atoms with Crippen molar-refractivity contribution in [3.05, 3.63) is 59.8 Å². The van der Waals surface area contributed by atoms with Gasteiger partial charge in [0.05, 0.1) is 0 Å². The van der Waals surface area contributed by atoms with Crippen molar-refractivity contribution in [3.8, 4) is 11.4 Å². The summed E-state index contributed by atoms with van der Waals surface area (Å²) in [6.45, 7) is 3.60. The molecule has 3 heterocycles. The van der Waals surface area contributed by atoms with Gasteiger partial charge in [0.2, 0.25) is 11.4 Å². The molecule has 114 valence electrons. The van der Waals surface area contributed by atoms with Gasteiger partial charge in [-0.3, -0.25) is 0 Å². The molecule has 3 aromatic heterocycles. The summed E-state index contributed by atoms with van der Waals surface area (Å²) in [4.78, 5) is 4.75. The number of hydrogen-bond acceptors (Lipinski definition) is 2. The summed E-state index contributed by atoms with van der Waals surface area (Å²) in [5.74, 6) is 0. The maximum Gasteiger partial charge on any atom is 0.231 e. The van der Waals surface area contributed by atoms with Crippen LogP contribution in [-0.4, -0.2) is 4.98 Å². The zero-order chi connectivity index (χ0) is 17.8. The molecule has 0 N–H and O–H groups in total. The Balaban J connectivity index is 1.92. The molecular weight excluding hydrogens is 284 g/mol. The first-order valence-electron chi connectivity index (χ1n) is 8.64. The first-order chi connectivity index (χ1) is 11.8. The first kappa shape index (κ1) is 11.8. The number of para-hydroxylation sites is 1. The monoisotopic (exact) mass is 305 g/mol. The van der Waals surface area contributed by atoms with Gasteiger partial charge in [0.1, 0.15) is 18.3 Å². The van der Waals surface area contributed by atoms with E-state index in [9.17, 15) is 0 Å². The Bertz CT molecular complexity index is 1110. The molecule has 0 radical (unpaired) electrons. The number of aromatic nitrogens is 2. The van der Waals surface area contributed by atoms with Gasteiger partial charge in [0, 0.05) is 25.1 Å². The molecule has 0 saturated heterocycles. The lowest BCUT2D eigenvalue weighted by molar-refractivity contribution is -0.661. The topological polar surface area (TPSA) is 29.9 Å². The summed E-state index contributed by atoms with van der Waals surface area (Å²) in [5, 5.41) is 2.08. The molecule has 0 unspecified atom stereocenters. The summed E-state index contributed by atoms with van der Waals surface area (Å²) in [6, 6.07) is 13.8. The Labute approximate surface area is 138 Å². The minimum atomic E-state index is -1.37. The Kier molecular flexibility index (Phi) is 2.67. The number of nitrogens with zero attached hydrogens (tertiary/aromatic N) is 2. The van der Waals surface area contributed by atoms with E-state index in [2.05, 4.69) is 6.07 Å². The number of aryl methyl sites for hydroxylation is 3. The highest BCUT2D eigenvalue weighted by molar-refractivity contribution is 6.04. The summed E-state index contributed by atoms with van der Waals surface area (Å²) < 4.78 is 23.6. The molecule has 0 saturated carbocycles. The van der Waals surface area contributed by atoms with E-state index in [1.165, 1.54) is 0 Å². The molecule has 4 rings (SSSR count). The van der Waals surface area contributed by atoms with E-state index in [-0.39, 0.29) is 0 Å². The van der Waals surface area contributed by atoms with Crippen molar-refractivity contribution in [2.24, 2.45) is 7.05 Å². The molecule has 0 aliphatic rings. The normalized spacial score (nSPS) is 13.3. The third-order valence-electron chi connectivity index (χ3n) is 4.23. The molecular formula is C20H19N2O+. The van der Waals surface area contributed by atoms with Crippen molar-refractivity contribution in [3.63, 3.8) is 0 Å². The van der Waals surface area contributed by atoms with Gasteiger partial charge in [-0.25, -0.2) is 4.98 Å². The van der Waals surface area contributed by atoms with Gasteiger partial charge in [0.15, 0.2) is 6.20 Å². The van der Waals surface area contributed by atoms with Crippen LogP contribution in [0.3, 0.4) is 0 Å². The Morgan fingerprint density at radius 2 is 2.00 bits per heavy atom. The minimum Gasteiger partial charge on any atom is -0.438 e. The third-order valence-corrected chi connectivity index (χ3v) is 4.23. The second-order valence-corrected chi connectivity index (χ2v) is 5.77. The first-order valence-corrected chi connectivity index (χ1v) is 7.64. The van der Waals surface area contributed by atoms with Gasteiger partial charge < -0.3 is 4.42 Å². The number of furan rings is 1. The highest BCUT2D eigenvalue weighted by Crippen LogP contribution is 2.31. The number of hydrogen-bond donors (Lipinski definition) is 0. The van der Waals surface area contributed by atoms with Crippen LogP contribution in [0.5, 0.6) is 0 Å². The third kappa shape index (κ3) is 2.20. The molecule has 1 aromatic carbocycles. The molecule has 3 heteroatoms. The molecule has 0 bridgehead atoms. The van der Waals surface area contributed by atoms with E-state index in [1.54, 1.807) is 6.92 Å². The molecule has 0 spiro atoms. The predicted octanol–water partition coefficient (Wildman–Crippen LogP) is 4.34. The van der Waals surface area contributed by atoms with Crippen LogP contribution in [0, 0.1) is 6.92 Å². The standard InChI is InChI=1S/C20H19N2O/c1-4-14-9-10-17(22(3)12-14)19-13(2)11-16-15-7-5-6-8-18(15)23-20(16)21-19/h5-12H,4H2,1-3H3/q+1/i4D2. The minimum absolute atomic E-state index is 0.622. The van der Waals surface area contributed by atoms with Crippen LogP contribution in [0.2, 0.25) is 0 Å². The van der Waals surface area contributed by atoms with Gasteiger partial charge >= 0.3 is 0 Å². The van der Waals surface area contributed by atoms with Crippen molar-refractivity contribution in [2.75, 3.05) is 0 Å². The molecule has 0 amide bonds. The van der Waals surface area contributed by atoms with E-state index < -0.39 is 6.37 Å². The Morgan fingerprint density at radius 3 is 2.78 bits per heavy atom. The zero-order valence-corrected chi connectivity index (χ0v) is 13.4. The SMILES string of the molecule is [2H]C([2H])(C)c1ccc(-c2nc3oc4ccccc4c3cc2C)[n+](C)c1. The van der Waals surface area contributed by atoms with Gasteiger partial charge in [-0.15, -0.1) is 0 Å². The Morgan fingerprint density at radius 1 is 1.17 bits per heavy atom. The maximum absolute atomic E-state index is 7.88. The zero-order valence-electron chi connectivity index (χ0n) is 15.4. The van der Waals surface area contributed by atoms with Gasteiger partial charge in [0.25, 0.3) is 0 Å². The molecule has 3 nitrogen and oxygen atoms in total. The summed E-state index contributed by atoms with van der Waals surface area (Å²) in [7, 11) is 1.91. The number of fused-ring (bicyclic) bond motifs is 3. The smallest absolute Gasteiger partial charge is 0.231 e. The highest BCUT2D eigenvalue weighted by Gasteiger charge is 2.18. The van der Waals surface area contributed by atoms with E-state index in [0.29, 0.717) is 11.3 Å². The van der Waals surface area contributed by atoms with Crippen LogP contribution in [0.25, 0.3) is 33.5 Å². The van der Waals surface area contributed by atoms with Crippen molar-refractivity contribution in [1.82, 2.24) is 4.98 Å². The second kappa shape index (κ2) is 5.20. The summed E-state index contributed by atoms with van der Waals surface area (Å²) in [5.41, 5.74) is 4.92. The average Bonchev–Trinajstić information content (AvgIpc) is 2.91. The van der Waals surface area contributed by atoms with Gasteiger partial charge in [-0.1, -0.05) is 25.1 Å². The fourth-order valence-corrected chi connectivity index (χ4v) is 3.01. The summed E-state index contributed by atoms with van der Waals surface area (Å²) in [6.07, 6.45) is 0.445. The molecule has 0 aliphatic carbocycles. The van der Waals surface area contributed by atoms with E-state index in [0.717, 1.165) is 33.3 Å². The fraction of sp³-hybridized carbons (Fsp3) is 0.200. The molecule has 4 aromatic rings. The fourth-order valence-electron chi connectivity index (χ4n) is 3.01. The lowest BCUT2D eigenvalue weighted by atomic mass is 10.1. The number of rotatable bonds is 2. The quantitative estimate of drug-likeness (QED) is 0.516.